The largest absolute Gasteiger partial charge is 0.475 e. The van der Waals surface area contributed by atoms with Crippen molar-refractivity contribution in [1.82, 2.24) is 19.5 Å². The molecule has 38 heavy (non-hydrogen) atoms. The Bertz CT molecular complexity index is 1520. The zero-order chi connectivity index (χ0) is 27.2. The molecular weight excluding hydrogens is 542 g/mol. The first-order chi connectivity index (χ1) is 18.0. The van der Waals surface area contributed by atoms with Crippen LogP contribution in [0.5, 0.6) is 0 Å². The van der Waals surface area contributed by atoms with E-state index < -0.39 is 23.5 Å². The van der Waals surface area contributed by atoms with Gasteiger partial charge < -0.3 is 15.0 Å². The molecule has 4 aromatic rings. The molecular formula is C26H22Cl2F3N5O2. The number of benzene rings is 2. The normalized spacial score (nSPS) is 14.9. The van der Waals surface area contributed by atoms with Crippen LogP contribution in [0.1, 0.15) is 47.9 Å². The Morgan fingerprint density at radius 3 is 2.45 bits per heavy atom. The van der Waals surface area contributed by atoms with E-state index in [0.29, 0.717) is 38.4 Å². The summed E-state index contributed by atoms with van der Waals surface area (Å²) in [6, 6.07) is 9.62. The smallest absolute Gasteiger partial charge is 0.416 e. The van der Waals surface area contributed by atoms with E-state index in [1.807, 2.05) is 6.92 Å². The average Bonchev–Trinajstić information content (AvgIpc) is 3.17. The number of anilines is 1. The van der Waals surface area contributed by atoms with Crippen LogP contribution in [0.4, 0.5) is 19.0 Å². The van der Waals surface area contributed by atoms with Gasteiger partial charge in [-0.1, -0.05) is 41.8 Å². The van der Waals surface area contributed by atoms with Crippen LogP contribution in [0.2, 0.25) is 10.0 Å². The number of aromatic carboxylic acids is 1. The topological polar surface area (TPSA) is 92.9 Å². The van der Waals surface area contributed by atoms with E-state index in [4.69, 9.17) is 23.2 Å². The maximum atomic E-state index is 13.1. The molecule has 1 saturated carbocycles. The fraction of sp³-hybridized carbons (Fsp3) is 0.308. The average molecular weight is 564 g/mol. The lowest BCUT2D eigenvalue weighted by Crippen LogP contribution is -2.31. The lowest BCUT2D eigenvalue weighted by atomic mass is 9.80. The molecule has 1 atom stereocenters. The van der Waals surface area contributed by atoms with E-state index in [2.05, 4.69) is 20.3 Å². The summed E-state index contributed by atoms with van der Waals surface area (Å²) in [6.07, 6.45) is -1.25. The first-order valence-corrected chi connectivity index (χ1v) is 12.7. The number of alkyl halides is 3. The van der Waals surface area contributed by atoms with Crippen LogP contribution in [0, 0.1) is 5.92 Å². The number of carboxylic acids is 1. The molecule has 2 heterocycles. The Kier molecular flexibility index (Phi) is 6.96. The lowest BCUT2D eigenvalue weighted by Gasteiger charge is -2.32. The maximum absolute atomic E-state index is 13.1. The van der Waals surface area contributed by atoms with Crippen LogP contribution in [-0.4, -0.2) is 36.6 Å². The fourth-order valence-electron chi connectivity index (χ4n) is 4.52. The predicted octanol–water partition coefficient (Wildman–Crippen LogP) is 7.17. The highest BCUT2D eigenvalue weighted by Gasteiger charge is 2.31. The van der Waals surface area contributed by atoms with Gasteiger partial charge in [-0.2, -0.15) is 13.2 Å². The second-order valence-corrected chi connectivity index (χ2v) is 10.2. The third-order valence-electron chi connectivity index (χ3n) is 6.81. The molecule has 2 N–H and O–H groups in total. The summed E-state index contributed by atoms with van der Waals surface area (Å²) in [4.78, 5) is 24.9. The first-order valence-electron chi connectivity index (χ1n) is 11.9. The Balaban J connectivity index is 1.71. The quantitative estimate of drug-likeness (QED) is 0.247. The third-order valence-corrected chi connectivity index (χ3v) is 7.37. The molecule has 0 bridgehead atoms. The van der Waals surface area contributed by atoms with Gasteiger partial charge in [0.05, 0.1) is 10.6 Å². The molecule has 5 rings (SSSR count). The van der Waals surface area contributed by atoms with Crippen LogP contribution < -0.4 is 5.32 Å². The number of hydrogen-bond donors (Lipinski definition) is 2. The van der Waals surface area contributed by atoms with Crippen LogP contribution in [0.25, 0.3) is 22.6 Å². The molecule has 198 valence electrons. The second kappa shape index (κ2) is 10.1. The van der Waals surface area contributed by atoms with Gasteiger partial charge in [-0.25, -0.2) is 19.7 Å². The lowest BCUT2D eigenvalue weighted by molar-refractivity contribution is -0.137. The zero-order valence-corrected chi connectivity index (χ0v) is 21.6. The van der Waals surface area contributed by atoms with Gasteiger partial charge in [-0.3, -0.25) is 0 Å². The number of fused-ring (bicyclic) bond motifs is 1. The van der Waals surface area contributed by atoms with Crippen molar-refractivity contribution in [1.29, 1.82) is 0 Å². The predicted molar refractivity (Wildman–Crippen MR) is 139 cm³/mol. The minimum atomic E-state index is -4.46. The van der Waals surface area contributed by atoms with Gasteiger partial charge >= 0.3 is 12.1 Å². The van der Waals surface area contributed by atoms with Crippen molar-refractivity contribution in [3.05, 3.63) is 69.5 Å². The summed E-state index contributed by atoms with van der Waals surface area (Å²) in [7, 11) is 0. The zero-order valence-electron chi connectivity index (χ0n) is 20.1. The van der Waals surface area contributed by atoms with Crippen molar-refractivity contribution in [2.75, 3.05) is 5.32 Å². The molecule has 0 radical (unpaired) electrons. The molecule has 2 aromatic carbocycles. The number of rotatable bonds is 7. The van der Waals surface area contributed by atoms with Crippen molar-refractivity contribution >= 4 is 46.2 Å². The Morgan fingerprint density at radius 2 is 1.84 bits per heavy atom. The summed E-state index contributed by atoms with van der Waals surface area (Å²) in [5.74, 6) is -0.741. The minimum Gasteiger partial charge on any atom is -0.475 e. The molecule has 12 heteroatoms. The number of hydrogen-bond acceptors (Lipinski definition) is 5. The van der Waals surface area contributed by atoms with E-state index in [9.17, 15) is 23.1 Å². The first kappa shape index (κ1) is 26.2. The number of nitrogens with zero attached hydrogens (tertiary/aromatic N) is 4. The summed E-state index contributed by atoms with van der Waals surface area (Å²) >= 11 is 12.7. The minimum absolute atomic E-state index is 0.00359. The molecule has 1 aliphatic carbocycles. The highest BCUT2D eigenvalue weighted by molar-refractivity contribution is 6.35. The molecule has 1 unspecified atom stereocenters. The van der Waals surface area contributed by atoms with E-state index in [1.54, 1.807) is 22.8 Å². The molecule has 0 spiro atoms. The van der Waals surface area contributed by atoms with Crippen molar-refractivity contribution < 1.29 is 23.1 Å². The molecule has 1 fully saturated rings. The highest BCUT2D eigenvalue weighted by Crippen LogP contribution is 2.37. The van der Waals surface area contributed by atoms with E-state index >= 15 is 0 Å². The maximum Gasteiger partial charge on any atom is 0.416 e. The van der Waals surface area contributed by atoms with Crippen molar-refractivity contribution in [3.8, 4) is 11.4 Å². The van der Waals surface area contributed by atoms with E-state index in [0.717, 1.165) is 31.4 Å². The summed E-state index contributed by atoms with van der Waals surface area (Å²) in [5, 5.41) is 13.7. The highest BCUT2D eigenvalue weighted by atomic mass is 35.5. The molecule has 1 aliphatic rings. The summed E-state index contributed by atoms with van der Waals surface area (Å²) in [6.45, 7) is 2.10. The molecule has 0 saturated heterocycles. The van der Waals surface area contributed by atoms with Gasteiger partial charge in [-0.05, 0) is 61.6 Å². The molecule has 2 aromatic heterocycles. The van der Waals surface area contributed by atoms with Gasteiger partial charge in [0, 0.05) is 23.2 Å². The fourth-order valence-corrected chi connectivity index (χ4v) is 4.89. The van der Waals surface area contributed by atoms with Crippen LogP contribution in [0.3, 0.4) is 0 Å². The van der Waals surface area contributed by atoms with Gasteiger partial charge in [0.15, 0.2) is 11.5 Å². The summed E-state index contributed by atoms with van der Waals surface area (Å²) in [5.41, 5.74) is 0.766. The number of halogens is 5. The SMILES string of the molecule is CC(Nc1nc(C(=O)O)nc2nc(-c3cc(Cl)ccc3Cl)n(Cc3ccc(C(F)(F)F)cc3)c12)C1CCC1. The monoisotopic (exact) mass is 563 g/mol. The van der Waals surface area contributed by atoms with Crippen LogP contribution in [0.15, 0.2) is 42.5 Å². The Labute approximate surface area is 225 Å². The summed E-state index contributed by atoms with van der Waals surface area (Å²) < 4.78 is 41.1. The van der Waals surface area contributed by atoms with Crippen molar-refractivity contribution in [3.63, 3.8) is 0 Å². The molecule has 0 aliphatic heterocycles. The van der Waals surface area contributed by atoms with Crippen molar-refractivity contribution in [2.45, 2.75) is 44.9 Å². The van der Waals surface area contributed by atoms with Gasteiger partial charge in [0.25, 0.3) is 0 Å². The Morgan fingerprint density at radius 1 is 1.13 bits per heavy atom. The van der Waals surface area contributed by atoms with Gasteiger partial charge in [-0.15, -0.1) is 0 Å². The number of carboxylic acid groups (broad SMARTS) is 1. The number of nitrogens with one attached hydrogen (secondary N) is 1. The Hall–Kier alpha value is -3.37. The second-order valence-electron chi connectivity index (χ2n) is 9.34. The number of aromatic nitrogens is 4. The standard InChI is InChI=1S/C26H22Cl2F3N5O2/c1-13(15-3-2-4-15)32-21-20-22(34-23(33-21)25(37)38)35-24(18-11-17(27)9-10-19(18)28)36(20)12-14-5-7-16(8-6-14)26(29,30)31/h5-11,13,15H,2-4,12H2,1H3,(H,37,38)(H,32,33,34). The van der Waals surface area contributed by atoms with Crippen LogP contribution >= 0.6 is 23.2 Å². The molecule has 0 amide bonds. The van der Waals surface area contributed by atoms with E-state index in [-0.39, 0.29) is 24.1 Å². The van der Waals surface area contributed by atoms with Gasteiger partial charge in [0.2, 0.25) is 5.82 Å². The number of imidazole rings is 1. The third kappa shape index (κ3) is 5.15. The van der Waals surface area contributed by atoms with E-state index in [1.165, 1.54) is 12.1 Å². The van der Waals surface area contributed by atoms with Crippen LogP contribution in [-0.2, 0) is 12.7 Å². The van der Waals surface area contributed by atoms with Gasteiger partial charge in [0.1, 0.15) is 11.3 Å². The van der Waals surface area contributed by atoms with Crippen molar-refractivity contribution in [2.24, 2.45) is 5.92 Å². The molecule has 7 nitrogen and oxygen atoms in total. The number of carbonyl (C=O) groups is 1.